The first kappa shape index (κ1) is 18.6. The van der Waals surface area contributed by atoms with Gasteiger partial charge in [0.15, 0.2) is 22.3 Å². The van der Waals surface area contributed by atoms with Crippen molar-refractivity contribution in [3.8, 4) is 22.8 Å². The fourth-order valence-electron chi connectivity index (χ4n) is 2.92. The topological polar surface area (TPSA) is 101 Å². The van der Waals surface area contributed by atoms with Gasteiger partial charge in [-0.1, -0.05) is 23.5 Å². The third-order valence-corrected chi connectivity index (χ3v) is 5.32. The number of ether oxygens (including phenoxy) is 1. The van der Waals surface area contributed by atoms with Crippen molar-refractivity contribution < 1.29 is 24.1 Å². The third kappa shape index (κ3) is 3.21. The first-order valence-corrected chi connectivity index (χ1v) is 9.13. The van der Waals surface area contributed by atoms with Crippen LogP contribution in [-0.4, -0.2) is 32.7 Å². The molecular formula is C20H13FN2O5S. The second-order valence-electron chi connectivity index (χ2n) is 6.11. The number of phenols is 1. The molecule has 9 heteroatoms. The first-order valence-electron chi connectivity index (χ1n) is 8.31. The number of carboxylic acid groups (broad SMARTS) is 1. The molecule has 0 bridgehead atoms. The number of nitrogens with zero attached hydrogens (tertiary/aromatic N) is 2. The Hall–Kier alpha value is -3.72. The molecule has 0 atom stereocenters. The highest BCUT2D eigenvalue weighted by Gasteiger charge is 2.14. The van der Waals surface area contributed by atoms with E-state index < -0.39 is 17.5 Å². The number of rotatable bonds is 4. The van der Waals surface area contributed by atoms with Gasteiger partial charge in [-0.05, 0) is 35.9 Å². The molecule has 0 unspecified atom stereocenters. The highest BCUT2D eigenvalue weighted by Crippen LogP contribution is 2.30. The van der Waals surface area contributed by atoms with Crippen LogP contribution in [-0.2, 0) is 0 Å². The van der Waals surface area contributed by atoms with Crippen LogP contribution in [0, 0.1) is 5.82 Å². The van der Waals surface area contributed by atoms with Crippen LogP contribution >= 0.6 is 11.3 Å². The summed E-state index contributed by atoms with van der Waals surface area (Å²) in [6.07, 6.45) is 3.03. The summed E-state index contributed by atoms with van der Waals surface area (Å²) in [6.45, 7) is 0. The summed E-state index contributed by atoms with van der Waals surface area (Å²) in [5.74, 6) is -2.53. The van der Waals surface area contributed by atoms with Crippen LogP contribution in [0.5, 0.6) is 11.5 Å². The Kier molecular flexibility index (Phi) is 4.51. The number of carboxylic acids is 1. The molecule has 0 aliphatic heterocycles. The number of hydrogen-bond acceptors (Lipinski definition) is 6. The number of thiazole rings is 1. The van der Waals surface area contributed by atoms with E-state index in [2.05, 4.69) is 4.98 Å². The van der Waals surface area contributed by atoms with Gasteiger partial charge in [0.2, 0.25) is 0 Å². The minimum absolute atomic E-state index is 0.0377. The van der Waals surface area contributed by atoms with E-state index in [1.165, 1.54) is 42.0 Å². The molecule has 7 nitrogen and oxygen atoms in total. The fraction of sp³-hybridized carbons (Fsp3) is 0.0500. The molecule has 2 aromatic heterocycles. The summed E-state index contributed by atoms with van der Waals surface area (Å²) < 4.78 is 20.5. The predicted octanol–water partition coefficient (Wildman–Crippen LogP) is 2.52. The lowest BCUT2D eigenvalue weighted by Gasteiger charge is -2.04. The summed E-state index contributed by atoms with van der Waals surface area (Å²) in [6, 6.07) is 8.64. The average molecular weight is 412 g/mol. The number of aromatic hydroxyl groups is 1. The van der Waals surface area contributed by atoms with E-state index in [1.54, 1.807) is 12.1 Å². The molecule has 0 saturated heterocycles. The number of phenolic OH excluding ortho intramolecular Hbond substituents is 1. The number of halogens is 1. The maximum atomic E-state index is 13.9. The number of imidazole rings is 1. The molecule has 4 rings (SSSR count). The SMILES string of the molecule is COc1cc(/C=c2/sc3ncc(-c4ccc(C(=O)O)cc4)n3c2=O)cc(F)c1O. The third-order valence-electron chi connectivity index (χ3n) is 4.34. The largest absolute Gasteiger partial charge is 0.502 e. The lowest BCUT2D eigenvalue weighted by molar-refractivity contribution is 0.0697. The van der Waals surface area contributed by atoms with Crippen molar-refractivity contribution >= 4 is 28.3 Å². The van der Waals surface area contributed by atoms with Gasteiger partial charge in [-0.25, -0.2) is 18.6 Å². The molecule has 4 aromatic rings. The van der Waals surface area contributed by atoms with Gasteiger partial charge >= 0.3 is 5.97 Å². The second kappa shape index (κ2) is 7.02. The summed E-state index contributed by atoms with van der Waals surface area (Å²) in [5.41, 5.74) is 1.31. The molecule has 0 radical (unpaired) electrons. The van der Waals surface area contributed by atoms with Gasteiger partial charge in [-0.15, -0.1) is 0 Å². The van der Waals surface area contributed by atoms with Gasteiger partial charge in [0, 0.05) is 5.56 Å². The van der Waals surface area contributed by atoms with Gasteiger partial charge in [-0.3, -0.25) is 4.79 Å². The second-order valence-corrected chi connectivity index (χ2v) is 7.12. The van der Waals surface area contributed by atoms with Crippen molar-refractivity contribution in [3.63, 3.8) is 0 Å². The molecule has 2 heterocycles. The van der Waals surface area contributed by atoms with Gasteiger partial charge in [-0.2, -0.15) is 0 Å². The monoisotopic (exact) mass is 412 g/mol. The number of aromatic nitrogens is 2. The molecule has 146 valence electrons. The van der Waals surface area contributed by atoms with Crippen molar-refractivity contribution in [1.29, 1.82) is 0 Å². The number of fused-ring (bicyclic) bond motifs is 1. The normalized spacial score (nSPS) is 11.9. The summed E-state index contributed by atoms with van der Waals surface area (Å²) in [7, 11) is 1.30. The van der Waals surface area contributed by atoms with E-state index in [0.717, 1.165) is 17.4 Å². The van der Waals surface area contributed by atoms with E-state index in [-0.39, 0.29) is 16.9 Å². The quantitative estimate of drug-likeness (QED) is 0.534. The number of benzene rings is 2. The smallest absolute Gasteiger partial charge is 0.335 e. The van der Waals surface area contributed by atoms with Crippen molar-refractivity contribution in [1.82, 2.24) is 9.38 Å². The molecule has 0 fully saturated rings. The van der Waals surface area contributed by atoms with Crippen molar-refractivity contribution in [2.24, 2.45) is 0 Å². The van der Waals surface area contributed by atoms with Crippen LogP contribution in [0.2, 0.25) is 0 Å². The Labute approximate surface area is 166 Å². The van der Waals surface area contributed by atoms with Crippen LogP contribution in [0.15, 0.2) is 47.4 Å². The molecule has 2 N–H and O–H groups in total. The van der Waals surface area contributed by atoms with E-state index in [1.807, 2.05) is 0 Å². The number of methoxy groups -OCH3 is 1. The van der Waals surface area contributed by atoms with Crippen LogP contribution in [0.4, 0.5) is 4.39 Å². The minimum atomic E-state index is -1.04. The van der Waals surface area contributed by atoms with Crippen molar-refractivity contribution in [3.05, 3.63) is 74.4 Å². The van der Waals surface area contributed by atoms with Crippen molar-refractivity contribution in [2.45, 2.75) is 0 Å². The molecule has 0 aliphatic rings. The van der Waals surface area contributed by atoms with Gasteiger partial charge < -0.3 is 14.9 Å². The zero-order valence-electron chi connectivity index (χ0n) is 14.9. The van der Waals surface area contributed by atoms with E-state index in [9.17, 15) is 19.1 Å². The minimum Gasteiger partial charge on any atom is -0.502 e. The molecule has 0 aliphatic carbocycles. The standard InChI is InChI=1S/C20H13FN2O5S/c1-28-15-7-10(6-13(21)17(15)24)8-16-18(25)23-14(9-22-20(23)29-16)11-2-4-12(5-3-11)19(26)27/h2-9,24H,1H3,(H,26,27)/b16-8+. The van der Waals surface area contributed by atoms with Gasteiger partial charge in [0.1, 0.15) is 0 Å². The maximum Gasteiger partial charge on any atom is 0.335 e. The maximum absolute atomic E-state index is 13.9. The van der Waals surface area contributed by atoms with Crippen LogP contribution in [0.25, 0.3) is 22.3 Å². The molecule has 29 heavy (non-hydrogen) atoms. The Morgan fingerprint density at radius 1 is 1.28 bits per heavy atom. The number of hydrogen-bond donors (Lipinski definition) is 2. The average Bonchev–Trinajstić information content (AvgIpc) is 3.25. The van der Waals surface area contributed by atoms with Gasteiger partial charge in [0.05, 0.1) is 29.1 Å². The summed E-state index contributed by atoms with van der Waals surface area (Å²) in [4.78, 5) is 28.6. The van der Waals surface area contributed by atoms with E-state index in [4.69, 9.17) is 9.84 Å². The molecular weight excluding hydrogens is 399 g/mol. The lowest BCUT2D eigenvalue weighted by atomic mass is 10.1. The van der Waals surface area contributed by atoms with Crippen LogP contribution in [0.3, 0.4) is 0 Å². The van der Waals surface area contributed by atoms with E-state index >= 15 is 0 Å². The van der Waals surface area contributed by atoms with Crippen LogP contribution in [0.1, 0.15) is 15.9 Å². The number of carbonyl (C=O) groups is 1. The van der Waals surface area contributed by atoms with Crippen LogP contribution < -0.4 is 14.8 Å². The molecule has 0 spiro atoms. The molecule has 0 amide bonds. The zero-order chi connectivity index (χ0) is 20.7. The lowest BCUT2D eigenvalue weighted by Crippen LogP contribution is -2.23. The molecule has 0 saturated carbocycles. The van der Waals surface area contributed by atoms with Crippen molar-refractivity contribution in [2.75, 3.05) is 7.11 Å². The highest BCUT2D eigenvalue weighted by atomic mass is 32.1. The Balaban J connectivity index is 1.84. The fourth-order valence-corrected chi connectivity index (χ4v) is 3.87. The Morgan fingerprint density at radius 2 is 2.00 bits per heavy atom. The first-order chi connectivity index (χ1) is 13.9. The zero-order valence-corrected chi connectivity index (χ0v) is 15.7. The summed E-state index contributed by atoms with van der Waals surface area (Å²) >= 11 is 1.13. The predicted molar refractivity (Wildman–Crippen MR) is 105 cm³/mol. The van der Waals surface area contributed by atoms with Gasteiger partial charge in [0.25, 0.3) is 5.56 Å². The Bertz CT molecular complexity index is 1360. The highest BCUT2D eigenvalue weighted by molar-refractivity contribution is 7.15. The summed E-state index contributed by atoms with van der Waals surface area (Å²) in [5, 5.41) is 18.6. The van der Waals surface area contributed by atoms with E-state index in [0.29, 0.717) is 26.3 Å². The number of aromatic carboxylic acids is 1. The molecule has 2 aromatic carbocycles. The Morgan fingerprint density at radius 3 is 2.66 bits per heavy atom.